The molecule has 0 unspecified atom stereocenters. The molecule has 3 rings (SSSR count). The molecule has 88 valence electrons. The molecule has 0 saturated carbocycles. The standard InChI is InChI=1S/C14H8BrNO2/c15-11-4-2-10(3-5-11)14-16-12-7-9(8-17)1-6-13(12)18-14/h1-8H. The topological polar surface area (TPSA) is 43.1 Å². The quantitative estimate of drug-likeness (QED) is 0.670. The van der Waals surface area contributed by atoms with Gasteiger partial charge in [-0.15, -0.1) is 0 Å². The normalized spacial score (nSPS) is 10.7. The van der Waals surface area contributed by atoms with Gasteiger partial charge in [-0.1, -0.05) is 15.9 Å². The monoisotopic (exact) mass is 301 g/mol. The number of hydrogen-bond acceptors (Lipinski definition) is 3. The number of fused-ring (bicyclic) bond motifs is 1. The molecule has 1 aromatic heterocycles. The summed E-state index contributed by atoms with van der Waals surface area (Å²) in [5, 5.41) is 0. The lowest BCUT2D eigenvalue weighted by Crippen LogP contribution is -1.78. The molecule has 0 aliphatic rings. The average Bonchev–Trinajstić information content (AvgIpc) is 2.82. The van der Waals surface area contributed by atoms with E-state index in [1.165, 1.54) is 0 Å². The van der Waals surface area contributed by atoms with Crippen LogP contribution in [-0.4, -0.2) is 11.3 Å². The smallest absolute Gasteiger partial charge is 0.227 e. The number of oxazole rings is 1. The van der Waals surface area contributed by atoms with Crippen molar-refractivity contribution in [3.05, 3.63) is 52.5 Å². The van der Waals surface area contributed by atoms with E-state index in [9.17, 15) is 4.79 Å². The molecule has 1 heterocycles. The maximum absolute atomic E-state index is 10.7. The van der Waals surface area contributed by atoms with Gasteiger partial charge in [0.25, 0.3) is 0 Å². The Bertz CT molecular complexity index is 716. The van der Waals surface area contributed by atoms with Gasteiger partial charge in [-0.25, -0.2) is 4.98 Å². The van der Waals surface area contributed by atoms with Gasteiger partial charge in [0.05, 0.1) is 0 Å². The van der Waals surface area contributed by atoms with Gasteiger partial charge in [0.1, 0.15) is 11.8 Å². The Labute approximate surface area is 112 Å². The van der Waals surface area contributed by atoms with Crippen LogP contribution in [0.5, 0.6) is 0 Å². The molecule has 0 N–H and O–H groups in total. The average molecular weight is 302 g/mol. The number of halogens is 1. The molecule has 0 aliphatic carbocycles. The van der Waals surface area contributed by atoms with Crippen LogP contribution in [0.15, 0.2) is 51.4 Å². The lowest BCUT2D eigenvalue weighted by Gasteiger charge is -1.94. The molecule has 0 atom stereocenters. The minimum atomic E-state index is 0.556. The molecule has 18 heavy (non-hydrogen) atoms. The van der Waals surface area contributed by atoms with Crippen molar-refractivity contribution in [3.8, 4) is 11.5 Å². The van der Waals surface area contributed by atoms with E-state index in [1.807, 2.05) is 24.3 Å². The Balaban J connectivity index is 2.12. The molecule has 0 fully saturated rings. The number of aldehydes is 1. The van der Waals surface area contributed by atoms with Crippen LogP contribution in [0.25, 0.3) is 22.6 Å². The SMILES string of the molecule is O=Cc1ccc2oc(-c3ccc(Br)cc3)nc2c1. The van der Waals surface area contributed by atoms with Gasteiger partial charge in [0.15, 0.2) is 5.58 Å². The van der Waals surface area contributed by atoms with Crippen molar-refractivity contribution in [2.75, 3.05) is 0 Å². The lowest BCUT2D eigenvalue weighted by atomic mass is 10.2. The van der Waals surface area contributed by atoms with Gasteiger partial charge in [-0.05, 0) is 42.5 Å². The Hall–Kier alpha value is -1.94. The summed E-state index contributed by atoms with van der Waals surface area (Å²) in [5.74, 6) is 0.556. The molecule has 0 saturated heterocycles. The molecule has 0 aliphatic heterocycles. The zero-order valence-corrected chi connectivity index (χ0v) is 10.8. The van der Waals surface area contributed by atoms with Crippen molar-refractivity contribution in [1.82, 2.24) is 4.98 Å². The fraction of sp³-hybridized carbons (Fsp3) is 0. The van der Waals surface area contributed by atoms with Gasteiger partial charge < -0.3 is 4.42 Å². The lowest BCUT2D eigenvalue weighted by molar-refractivity contribution is 0.112. The van der Waals surface area contributed by atoms with Gasteiger partial charge in [0.2, 0.25) is 5.89 Å². The summed E-state index contributed by atoms with van der Waals surface area (Å²) in [7, 11) is 0. The maximum Gasteiger partial charge on any atom is 0.227 e. The molecule has 0 amide bonds. The van der Waals surface area contributed by atoms with Crippen LogP contribution in [0.2, 0.25) is 0 Å². The summed E-state index contributed by atoms with van der Waals surface area (Å²) in [6, 6.07) is 12.9. The Morgan fingerprint density at radius 3 is 2.61 bits per heavy atom. The van der Waals surface area contributed by atoms with Crippen LogP contribution in [-0.2, 0) is 0 Å². The number of nitrogens with zero attached hydrogens (tertiary/aromatic N) is 1. The summed E-state index contributed by atoms with van der Waals surface area (Å²) < 4.78 is 6.66. The second-order valence-electron chi connectivity index (χ2n) is 3.87. The van der Waals surface area contributed by atoms with E-state index in [2.05, 4.69) is 20.9 Å². The molecule has 3 nitrogen and oxygen atoms in total. The van der Waals surface area contributed by atoms with Crippen LogP contribution < -0.4 is 0 Å². The van der Waals surface area contributed by atoms with Gasteiger partial charge in [0, 0.05) is 15.6 Å². The first-order chi connectivity index (χ1) is 8.76. The summed E-state index contributed by atoms with van der Waals surface area (Å²) in [4.78, 5) is 15.1. The van der Waals surface area contributed by atoms with Gasteiger partial charge in [-0.2, -0.15) is 0 Å². The highest BCUT2D eigenvalue weighted by atomic mass is 79.9. The van der Waals surface area contributed by atoms with E-state index in [1.54, 1.807) is 18.2 Å². The molecule has 4 heteroatoms. The van der Waals surface area contributed by atoms with Crippen molar-refractivity contribution in [1.29, 1.82) is 0 Å². The number of carbonyl (C=O) groups excluding carboxylic acids is 1. The van der Waals surface area contributed by atoms with Crippen molar-refractivity contribution in [3.63, 3.8) is 0 Å². The van der Waals surface area contributed by atoms with Crippen molar-refractivity contribution in [2.45, 2.75) is 0 Å². The van der Waals surface area contributed by atoms with E-state index in [0.29, 0.717) is 22.6 Å². The Kier molecular flexibility index (Phi) is 2.72. The molecule has 2 aromatic carbocycles. The highest BCUT2D eigenvalue weighted by molar-refractivity contribution is 9.10. The largest absolute Gasteiger partial charge is 0.436 e. The number of benzene rings is 2. The van der Waals surface area contributed by atoms with Crippen LogP contribution in [0, 0.1) is 0 Å². The Morgan fingerprint density at radius 1 is 1.11 bits per heavy atom. The number of aromatic nitrogens is 1. The first-order valence-corrected chi connectivity index (χ1v) is 6.17. The second-order valence-corrected chi connectivity index (χ2v) is 4.79. The van der Waals surface area contributed by atoms with Crippen LogP contribution in [0.1, 0.15) is 10.4 Å². The van der Waals surface area contributed by atoms with E-state index >= 15 is 0 Å². The summed E-state index contributed by atoms with van der Waals surface area (Å²) >= 11 is 3.38. The van der Waals surface area contributed by atoms with E-state index in [0.717, 1.165) is 16.3 Å². The maximum atomic E-state index is 10.7. The summed E-state index contributed by atoms with van der Waals surface area (Å²) in [6.07, 6.45) is 0.799. The van der Waals surface area contributed by atoms with E-state index in [-0.39, 0.29) is 0 Å². The predicted molar refractivity (Wildman–Crippen MR) is 72.5 cm³/mol. The van der Waals surface area contributed by atoms with Crippen molar-refractivity contribution in [2.24, 2.45) is 0 Å². The van der Waals surface area contributed by atoms with Crippen LogP contribution >= 0.6 is 15.9 Å². The minimum absolute atomic E-state index is 0.556. The first kappa shape index (κ1) is 11.2. The fourth-order valence-electron chi connectivity index (χ4n) is 1.73. The molecular formula is C14H8BrNO2. The van der Waals surface area contributed by atoms with Crippen molar-refractivity contribution < 1.29 is 9.21 Å². The number of hydrogen-bond donors (Lipinski definition) is 0. The fourth-order valence-corrected chi connectivity index (χ4v) is 2.00. The number of carbonyl (C=O) groups is 1. The van der Waals surface area contributed by atoms with Gasteiger partial charge in [-0.3, -0.25) is 4.79 Å². The summed E-state index contributed by atoms with van der Waals surface area (Å²) in [6.45, 7) is 0. The Morgan fingerprint density at radius 2 is 1.89 bits per heavy atom. The third kappa shape index (κ3) is 1.95. The van der Waals surface area contributed by atoms with E-state index < -0.39 is 0 Å². The molecular weight excluding hydrogens is 294 g/mol. The molecule has 0 bridgehead atoms. The first-order valence-electron chi connectivity index (χ1n) is 5.38. The predicted octanol–water partition coefficient (Wildman–Crippen LogP) is 4.07. The summed E-state index contributed by atoms with van der Waals surface area (Å²) in [5.41, 5.74) is 2.87. The molecule has 0 radical (unpaired) electrons. The van der Waals surface area contributed by atoms with Crippen LogP contribution in [0.3, 0.4) is 0 Å². The number of rotatable bonds is 2. The zero-order valence-electron chi connectivity index (χ0n) is 9.26. The third-order valence-electron chi connectivity index (χ3n) is 2.64. The minimum Gasteiger partial charge on any atom is -0.436 e. The zero-order chi connectivity index (χ0) is 12.5. The second kappa shape index (κ2) is 4.38. The third-order valence-corrected chi connectivity index (χ3v) is 3.17. The van der Waals surface area contributed by atoms with Crippen LogP contribution in [0.4, 0.5) is 0 Å². The van der Waals surface area contributed by atoms with Crippen molar-refractivity contribution >= 4 is 33.3 Å². The highest BCUT2D eigenvalue weighted by Gasteiger charge is 2.08. The van der Waals surface area contributed by atoms with E-state index in [4.69, 9.17) is 4.42 Å². The molecule has 3 aromatic rings. The van der Waals surface area contributed by atoms with Gasteiger partial charge >= 0.3 is 0 Å². The highest BCUT2D eigenvalue weighted by Crippen LogP contribution is 2.25. The molecule has 0 spiro atoms.